The van der Waals surface area contributed by atoms with E-state index in [-0.39, 0.29) is 5.41 Å². The van der Waals surface area contributed by atoms with E-state index in [4.69, 9.17) is 0 Å². The van der Waals surface area contributed by atoms with E-state index in [0.29, 0.717) is 11.5 Å². The van der Waals surface area contributed by atoms with E-state index >= 15 is 0 Å². The monoisotopic (exact) mass is 373 g/mol. The fourth-order valence-corrected chi connectivity index (χ4v) is 4.55. The zero-order valence-corrected chi connectivity index (χ0v) is 16.8. The van der Waals surface area contributed by atoms with Crippen molar-refractivity contribution in [2.24, 2.45) is 5.41 Å². The first kappa shape index (κ1) is 18.5. The summed E-state index contributed by atoms with van der Waals surface area (Å²) in [6.45, 7) is 6.95. The molecule has 1 unspecified atom stereocenters. The molecule has 1 N–H and O–H groups in total. The van der Waals surface area contributed by atoms with Crippen molar-refractivity contribution in [2.75, 3.05) is 0 Å². The zero-order chi connectivity index (χ0) is 19.9. The molecule has 28 heavy (non-hydrogen) atoms. The van der Waals surface area contributed by atoms with E-state index in [1.54, 1.807) is 12.1 Å². The standard InChI is InChI=1S/C25H27NO2/c1-25(2,3)21-13-8-14-22-20(21)16-23(17-9-5-4-6-10-17)26(22)19-12-7-11-18(15-19)24(27)28/h4-7,9-12,15-16,21H,8,13-14H2,1-3H3,(H,27,28). The predicted octanol–water partition coefficient (Wildman–Crippen LogP) is 6.31. The second-order valence-electron chi connectivity index (χ2n) is 8.80. The van der Waals surface area contributed by atoms with Gasteiger partial charge in [-0.1, -0.05) is 57.2 Å². The second-order valence-corrected chi connectivity index (χ2v) is 8.80. The number of hydrogen-bond acceptors (Lipinski definition) is 1. The highest BCUT2D eigenvalue weighted by Crippen LogP contribution is 2.46. The molecule has 3 aromatic rings. The van der Waals surface area contributed by atoms with Crippen LogP contribution in [0.5, 0.6) is 0 Å². The Morgan fingerprint density at radius 1 is 1.04 bits per heavy atom. The van der Waals surface area contributed by atoms with Crippen LogP contribution >= 0.6 is 0 Å². The van der Waals surface area contributed by atoms with Gasteiger partial charge in [0.15, 0.2) is 0 Å². The van der Waals surface area contributed by atoms with Gasteiger partial charge in [0.2, 0.25) is 0 Å². The van der Waals surface area contributed by atoms with Gasteiger partial charge in [-0.2, -0.15) is 0 Å². The first-order valence-corrected chi connectivity index (χ1v) is 10.00. The van der Waals surface area contributed by atoms with Gasteiger partial charge in [0.05, 0.1) is 11.3 Å². The smallest absolute Gasteiger partial charge is 0.335 e. The first-order chi connectivity index (χ1) is 13.4. The average molecular weight is 373 g/mol. The molecule has 3 heteroatoms. The summed E-state index contributed by atoms with van der Waals surface area (Å²) in [4.78, 5) is 11.5. The van der Waals surface area contributed by atoms with Gasteiger partial charge in [0.25, 0.3) is 0 Å². The van der Waals surface area contributed by atoms with Crippen LogP contribution in [0.4, 0.5) is 0 Å². The maximum atomic E-state index is 11.5. The Morgan fingerprint density at radius 2 is 1.79 bits per heavy atom. The van der Waals surface area contributed by atoms with E-state index in [1.807, 2.05) is 18.2 Å². The topological polar surface area (TPSA) is 42.2 Å². The van der Waals surface area contributed by atoms with Crippen LogP contribution in [-0.2, 0) is 6.42 Å². The van der Waals surface area contributed by atoms with Crippen LogP contribution in [0.2, 0.25) is 0 Å². The van der Waals surface area contributed by atoms with Gasteiger partial charge in [-0.05, 0) is 66.0 Å². The van der Waals surface area contributed by atoms with Crippen molar-refractivity contribution >= 4 is 5.97 Å². The lowest BCUT2D eigenvalue weighted by molar-refractivity contribution is 0.0697. The fraction of sp³-hybridized carbons (Fsp3) is 0.320. The predicted molar refractivity (Wildman–Crippen MR) is 113 cm³/mol. The Balaban J connectivity index is 1.98. The summed E-state index contributed by atoms with van der Waals surface area (Å²) in [6, 6.07) is 20.0. The number of hydrogen-bond donors (Lipinski definition) is 1. The quantitative estimate of drug-likeness (QED) is 0.584. The zero-order valence-electron chi connectivity index (χ0n) is 16.8. The molecule has 0 aliphatic heterocycles. The van der Waals surface area contributed by atoms with E-state index in [9.17, 15) is 9.90 Å². The highest BCUT2D eigenvalue weighted by atomic mass is 16.4. The number of aromatic carboxylic acids is 1. The number of nitrogens with zero attached hydrogens (tertiary/aromatic N) is 1. The summed E-state index contributed by atoms with van der Waals surface area (Å²) in [6.07, 6.45) is 3.38. The molecule has 0 bridgehead atoms. The van der Waals surface area contributed by atoms with Gasteiger partial charge in [-0.3, -0.25) is 0 Å². The third-order valence-corrected chi connectivity index (χ3v) is 5.88. The van der Waals surface area contributed by atoms with Crippen molar-refractivity contribution in [1.82, 2.24) is 4.57 Å². The summed E-state index contributed by atoms with van der Waals surface area (Å²) in [5.41, 5.74) is 6.48. The van der Waals surface area contributed by atoms with Crippen LogP contribution in [0, 0.1) is 5.41 Å². The number of fused-ring (bicyclic) bond motifs is 1. The maximum absolute atomic E-state index is 11.5. The van der Waals surface area contributed by atoms with Crippen LogP contribution in [-0.4, -0.2) is 15.6 Å². The Kier molecular flexibility index (Phi) is 4.62. The molecule has 0 amide bonds. The number of carbonyl (C=O) groups is 1. The van der Waals surface area contributed by atoms with Crippen LogP contribution < -0.4 is 0 Å². The van der Waals surface area contributed by atoms with Gasteiger partial charge in [0, 0.05) is 11.4 Å². The minimum absolute atomic E-state index is 0.193. The minimum atomic E-state index is -0.892. The Hall–Kier alpha value is -2.81. The van der Waals surface area contributed by atoms with Crippen molar-refractivity contribution in [2.45, 2.75) is 46.0 Å². The highest BCUT2D eigenvalue weighted by molar-refractivity contribution is 5.88. The van der Waals surface area contributed by atoms with Crippen molar-refractivity contribution in [3.8, 4) is 16.9 Å². The summed E-state index contributed by atoms with van der Waals surface area (Å²) in [7, 11) is 0. The lowest BCUT2D eigenvalue weighted by atomic mass is 9.71. The highest BCUT2D eigenvalue weighted by Gasteiger charge is 2.33. The van der Waals surface area contributed by atoms with Gasteiger partial charge < -0.3 is 9.67 Å². The third kappa shape index (κ3) is 3.26. The maximum Gasteiger partial charge on any atom is 0.335 e. The van der Waals surface area contributed by atoms with Gasteiger partial charge in [-0.15, -0.1) is 0 Å². The first-order valence-electron chi connectivity index (χ1n) is 10.00. The number of carboxylic acid groups (broad SMARTS) is 1. The van der Waals surface area contributed by atoms with Crippen LogP contribution in [0.25, 0.3) is 16.9 Å². The normalized spacial score (nSPS) is 16.6. The lowest BCUT2D eigenvalue weighted by Gasteiger charge is -2.34. The van der Waals surface area contributed by atoms with E-state index in [2.05, 4.69) is 55.7 Å². The van der Waals surface area contributed by atoms with E-state index in [0.717, 1.165) is 29.8 Å². The van der Waals surface area contributed by atoms with E-state index in [1.165, 1.54) is 17.7 Å². The SMILES string of the molecule is CC(C)(C)C1CCCc2c1cc(-c1ccccc1)n2-c1cccc(C(=O)O)c1. The van der Waals surface area contributed by atoms with Crippen molar-refractivity contribution < 1.29 is 9.90 Å². The molecule has 0 fully saturated rings. The number of rotatable bonds is 3. The average Bonchev–Trinajstić information content (AvgIpc) is 3.07. The fourth-order valence-electron chi connectivity index (χ4n) is 4.55. The van der Waals surface area contributed by atoms with Crippen LogP contribution in [0.1, 0.15) is 61.1 Å². The lowest BCUT2D eigenvalue weighted by Crippen LogP contribution is -2.23. The van der Waals surface area contributed by atoms with Gasteiger partial charge in [0.1, 0.15) is 0 Å². The number of aromatic nitrogens is 1. The van der Waals surface area contributed by atoms with Gasteiger partial charge >= 0.3 is 5.97 Å². The van der Waals surface area contributed by atoms with Crippen molar-refractivity contribution in [1.29, 1.82) is 0 Å². The molecule has 0 spiro atoms. The number of benzene rings is 2. The molecule has 3 nitrogen and oxygen atoms in total. The molecule has 1 aromatic heterocycles. The molecule has 0 saturated heterocycles. The van der Waals surface area contributed by atoms with Crippen LogP contribution in [0.15, 0.2) is 60.7 Å². The molecular weight excluding hydrogens is 346 g/mol. The van der Waals surface area contributed by atoms with Crippen LogP contribution in [0.3, 0.4) is 0 Å². The Bertz CT molecular complexity index is 1010. The molecule has 1 aliphatic carbocycles. The Labute approximate surface area is 166 Å². The molecule has 0 radical (unpaired) electrons. The largest absolute Gasteiger partial charge is 0.478 e. The molecule has 1 aliphatic rings. The third-order valence-electron chi connectivity index (χ3n) is 5.88. The Morgan fingerprint density at radius 3 is 2.46 bits per heavy atom. The minimum Gasteiger partial charge on any atom is -0.478 e. The van der Waals surface area contributed by atoms with Crippen molar-refractivity contribution in [3.63, 3.8) is 0 Å². The number of carboxylic acids is 1. The molecule has 4 rings (SSSR count). The molecular formula is C25H27NO2. The summed E-state index contributed by atoms with van der Waals surface area (Å²) >= 11 is 0. The summed E-state index contributed by atoms with van der Waals surface area (Å²) in [5, 5.41) is 9.47. The molecule has 144 valence electrons. The molecule has 1 atom stereocenters. The summed E-state index contributed by atoms with van der Waals surface area (Å²) < 4.78 is 2.29. The van der Waals surface area contributed by atoms with Crippen molar-refractivity contribution in [3.05, 3.63) is 77.5 Å². The molecule has 0 saturated carbocycles. The summed E-state index contributed by atoms with van der Waals surface area (Å²) in [5.74, 6) is -0.390. The van der Waals surface area contributed by atoms with E-state index < -0.39 is 5.97 Å². The van der Waals surface area contributed by atoms with Gasteiger partial charge in [-0.25, -0.2) is 4.79 Å². The molecule has 2 aromatic carbocycles. The second kappa shape index (κ2) is 6.97. The molecule has 1 heterocycles.